The van der Waals surface area contributed by atoms with Gasteiger partial charge in [-0.3, -0.25) is 4.90 Å². The minimum atomic E-state index is -0.544. The van der Waals surface area contributed by atoms with Crippen LogP contribution in [0.3, 0.4) is 0 Å². The molecule has 0 saturated carbocycles. The molecule has 0 saturated heterocycles. The summed E-state index contributed by atoms with van der Waals surface area (Å²) in [5.41, 5.74) is 5.68. The fraction of sp³-hybridized carbons (Fsp3) is 0.308. The van der Waals surface area contributed by atoms with Crippen molar-refractivity contribution in [3.63, 3.8) is 0 Å². The maximum absolute atomic E-state index is 12.8. The normalized spacial score (nSPS) is 19.1. The summed E-state index contributed by atoms with van der Waals surface area (Å²) in [6, 6.07) is 17.5. The van der Waals surface area contributed by atoms with Crippen LogP contribution in [0.1, 0.15) is 36.1 Å². The van der Waals surface area contributed by atoms with Gasteiger partial charge in [0.1, 0.15) is 0 Å². The summed E-state index contributed by atoms with van der Waals surface area (Å²) in [6.07, 6.45) is 4.07. The highest BCUT2D eigenvalue weighted by Gasteiger charge is 2.34. The summed E-state index contributed by atoms with van der Waals surface area (Å²) < 4.78 is 5.10. The van der Waals surface area contributed by atoms with E-state index >= 15 is 0 Å². The molecule has 166 valence electrons. The van der Waals surface area contributed by atoms with E-state index in [-0.39, 0.29) is 6.03 Å². The summed E-state index contributed by atoms with van der Waals surface area (Å²) in [7, 11) is 1.37. The first-order valence-electron chi connectivity index (χ1n) is 11.0. The third kappa shape index (κ3) is 4.75. The lowest BCUT2D eigenvalue weighted by molar-refractivity contribution is -0.136. The van der Waals surface area contributed by atoms with E-state index < -0.39 is 12.0 Å². The second kappa shape index (κ2) is 9.83. The third-order valence-electron chi connectivity index (χ3n) is 6.10. The molecule has 0 aromatic heterocycles. The number of ether oxygens (including phenoxy) is 1. The number of urea groups is 1. The van der Waals surface area contributed by atoms with Gasteiger partial charge in [-0.1, -0.05) is 67.6 Å². The van der Waals surface area contributed by atoms with E-state index in [0.29, 0.717) is 17.8 Å². The van der Waals surface area contributed by atoms with E-state index in [2.05, 4.69) is 40.7 Å². The van der Waals surface area contributed by atoms with Gasteiger partial charge in [-0.2, -0.15) is 0 Å². The van der Waals surface area contributed by atoms with E-state index in [4.69, 9.17) is 4.74 Å². The molecule has 6 heteroatoms. The quantitative estimate of drug-likeness (QED) is 0.683. The van der Waals surface area contributed by atoms with Crippen LogP contribution < -0.4 is 10.6 Å². The van der Waals surface area contributed by atoms with Crippen molar-refractivity contribution in [1.82, 2.24) is 15.5 Å². The van der Waals surface area contributed by atoms with Crippen LogP contribution in [0.25, 0.3) is 5.57 Å². The maximum Gasteiger partial charge on any atom is 0.338 e. The van der Waals surface area contributed by atoms with Gasteiger partial charge < -0.3 is 15.4 Å². The van der Waals surface area contributed by atoms with Crippen LogP contribution in [0.15, 0.2) is 71.9 Å². The minimum absolute atomic E-state index is 0.310. The number of rotatable bonds is 6. The van der Waals surface area contributed by atoms with E-state index in [1.54, 1.807) is 0 Å². The Morgan fingerprint density at radius 2 is 1.88 bits per heavy atom. The van der Waals surface area contributed by atoms with Crippen molar-refractivity contribution in [2.75, 3.05) is 26.7 Å². The van der Waals surface area contributed by atoms with Crippen molar-refractivity contribution in [2.45, 2.75) is 25.8 Å². The summed E-state index contributed by atoms with van der Waals surface area (Å²) in [5, 5.41) is 5.75. The largest absolute Gasteiger partial charge is 0.466 e. The molecule has 4 rings (SSSR count). The first-order valence-corrected chi connectivity index (χ1v) is 11.0. The third-order valence-corrected chi connectivity index (χ3v) is 6.10. The molecule has 2 N–H and O–H groups in total. The van der Waals surface area contributed by atoms with E-state index in [0.717, 1.165) is 31.5 Å². The van der Waals surface area contributed by atoms with Crippen molar-refractivity contribution in [2.24, 2.45) is 0 Å². The topological polar surface area (TPSA) is 70.7 Å². The number of aryl methyl sites for hydroxylation is 1. The van der Waals surface area contributed by atoms with Gasteiger partial charge in [0, 0.05) is 25.3 Å². The van der Waals surface area contributed by atoms with Gasteiger partial charge in [-0.05, 0) is 35.1 Å². The molecule has 32 heavy (non-hydrogen) atoms. The molecule has 2 aliphatic heterocycles. The van der Waals surface area contributed by atoms with Crippen molar-refractivity contribution in [3.8, 4) is 0 Å². The maximum atomic E-state index is 12.8. The number of hydrogen-bond donors (Lipinski definition) is 2. The molecular weight excluding hydrogens is 402 g/mol. The van der Waals surface area contributed by atoms with Gasteiger partial charge in [0.2, 0.25) is 0 Å². The fourth-order valence-electron chi connectivity index (χ4n) is 4.28. The number of nitrogens with one attached hydrogen (secondary N) is 2. The van der Waals surface area contributed by atoms with Crippen molar-refractivity contribution >= 4 is 17.6 Å². The second-order valence-corrected chi connectivity index (χ2v) is 8.09. The molecule has 0 aliphatic carbocycles. The van der Waals surface area contributed by atoms with Crippen LogP contribution in [0.5, 0.6) is 0 Å². The summed E-state index contributed by atoms with van der Waals surface area (Å²) >= 11 is 0. The molecule has 2 aliphatic rings. The predicted molar refractivity (Wildman–Crippen MR) is 125 cm³/mol. The molecule has 2 heterocycles. The van der Waals surface area contributed by atoms with Gasteiger partial charge in [0.05, 0.1) is 18.7 Å². The van der Waals surface area contributed by atoms with Crippen LogP contribution in [-0.4, -0.2) is 43.6 Å². The highest BCUT2D eigenvalue weighted by Crippen LogP contribution is 2.29. The molecule has 0 unspecified atom stereocenters. The first kappa shape index (κ1) is 21.8. The minimum Gasteiger partial charge on any atom is -0.466 e. The molecule has 2 aromatic carbocycles. The van der Waals surface area contributed by atoms with Crippen LogP contribution in [0.4, 0.5) is 4.79 Å². The fourth-order valence-corrected chi connectivity index (χ4v) is 4.28. The zero-order valence-electron chi connectivity index (χ0n) is 18.6. The van der Waals surface area contributed by atoms with Crippen LogP contribution in [0, 0.1) is 0 Å². The average Bonchev–Trinajstić information content (AvgIpc) is 2.84. The lowest BCUT2D eigenvalue weighted by Crippen LogP contribution is -2.48. The Labute approximate surface area is 189 Å². The Bertz CT molecular complexity index is 1040. The number of carbonyl (C=O) groups is 2. The van der Waals surface area contributed by atoms with Crippen molar-refractivity contribution in [1.29, 1.82) is 0 Å². The van der Waals surface area contributed by atoms with E-state index in [1.165, 1.54) is 23.8 Å². The molecule has 0 radical (unpaired) electrons. The Hall–Kier alpha value is -3.38. The lowest BCUT2D eigenvalue weighted by Gasteiger charge is -2.33. The van der Waals surface area contributed by atoms with Crippen LogP contribution >= 0.6 is 0 Å². The molecule has 6 nitrogen and oxygen atoms in total. The number of hydrogen-bond acceptors (Lipinski definition) is 4. The highest BCUT2D eigenvalue weighted by molar-refractivity contribution is 5.95. The Balaban J connectivity index is 1.59. The van der Waals surface area contributed by atoms with Crippen LogP contribution in [0.2, 0.25) is 0 Å². The summed E-state index contributed by atoms with van der Waals surface area (Å²) in [6.45, 7) is 4.16. The molecular formula is C26H29N3O3. The molecule has 1 atom stereocenters. The lowest BCUT2D eigenvalue weighted by atomic mass is 9.93. The van der Waals surface area contributed by atoms with Crippen molar-refractivity contribution < 1.29 is 14.3 Å². The number of benzene rings is 2. The van der Waals surface area contributed by atoms with Gasteiger partial charge in [-0.15, -0.1) is 0 Å². The highest BCUT2D eigenvalue weighted by atomic mass is 16.5. The van der Waals surface area contributed by atoms with E-state index in [9.17, 15) is 9.59 Å². The SMILES string of the molecule is CCc1ccc([C@@H]2NC(=O)NC(CN3CC=C(c4ccccc4)CC3)=C2C(=O)OC)cc1. The van der Waals surface area contributed by atoms with Crippen molar-refractivity contribution in [3.05, 3.63) is 88.6 Å². The Morgan fingerprint density at radius 3 is 2.50 bits per heavy atom. The zero-order chi connectivity index (χ0) is 22.5. The van der Waals surface area contributed by atoms with Crippen LogP contribution in [-0.2, 0) is 16.0 Å². The van der Waals surface area contributed by atoms with Gasteiger partial charge in [0.15, 0.2) is 0 Å². The first-order chi connectivity index (χ1) is 15.6. The second-order valence-electron chi connectivity index (χ2n) is 8.09. The number of methoxy groups -OCH3 is 1. The number of amides is 2. The smallest absolute Gasteiger partial charge is 0.338 e. The Morgan fingerprint density at radius 1 is 1.12 bits per heavy atom. The summed E-state index contributed by atoms with van der Waals surface area (Å²) in [5.74, 6) is -0.436. The molecule has 0 bridgehead atoms. The number of carbonyl (C=O) groups excluding carboxylic acids is 2. The van der Waals surface area contributed by atoms with E-state index in [1.807, 2.05) is 42.5 Å². The average molecular weight is 432 g/mol. The molecule has 0 fully saturated rings. The molecule has 2 amide bonds. The number of nitrogens with zero attached hydrogens (tertiary/aromatic N) is 1. The van der Waals surface area contributed by atoms with Gasteiger partial charge in [-0.25, -0.2) is 9.59 Å². The Kier molecular flexibility index (Phi) is 6.71. The monoisotopic (exact) mass is 431 g/mol. The molecule has 0 spiro atoms. The summed E-state index contributed by atoms with van der Waals surface area (Å²) in [4.78, 5) is 27.5. The predicted octanol–water partition coefficient (Wildman–Crippen LogP) is 3.82. The molecule has 2 aromatic rings. The zero-order valence-corrected chi connectivity index (χ0v) is 18.6. The number of esters is 1. The van der Waals surface area contributed by atoms with Gasteiger partial charge >= 0.3 is 12.0 Å². The standard InChI is InChI=1S/C26H29N3O3/c1-3-18-9-11-21(12-10-18)24-23(25(30)32-2)22(27-26(31)28-24)17-29-15-13-20(14-16-29)19-7-5-4-6-8-19/h4-13,24H,3,14-17H2,1-2H3,(H2,27,28,31)/t24-/m0/s1. The van der Waals surface area contributed by atoms with Gasteiger partial charge in [0.25, 0.3) is 0 Å².